The predicted octanol–water partition coefficient (Wildman–Crippen LogP) is 11.7. The summed E-state index contributed by atoms with van der Waals surface area (Å²) in [6, 6.07) is 62.8. The van der Waals surface area contributed by atoms with Crippen molar-refractivity contribution in [3.63, 3.8) is 0 Å². The first kappa shape index (κ1) is 25.9. The van der Waals surface area contributed by atoms with Crippen LogP contribution in [0.3, 0.4) is 0 Å². The topological polar surface area (TPSA) is 12.9 Å². The largest absolute Gasteiger partial charge is 0.248 e. The summed E-state index contributed by atoms with van der Waals surface area (Å²) in [5, 5.41) is 4.95. The molecule has 0 spiro atoms. The molecule has 0 fully saturated rings. The van der Waals surface area contributed by atoms with E-state index in [-0.39, 0.29) is 0 Å². The van der Waals surface area contributed by atoms with E-state index in [0.29, 0.717) is 0 Å². The summed E-state index contributed by atoms with van der Waals surface area (Å²) in [5.74, 6) is 0. The molecule has 0 bridgehead atoms. The average Bonchev–Trinajstić information content (AvgIpc) is 3.11. The van der Waals surface area contributed by atoms with Gasteiger partial charge in [0.1, 0.15) is 0 Å². The fourth-order valence-corrected chi connectivity index (χ4v) is 6.39. The van der Waals surface area contributed by atoms with Crippen molar-refractivity contribution in [1.29, 1.82) is 0 Å². The average molecular weight is 560 g/mol. The molecule has 0 radical (unpaired) electrons. The van der Waals surface area contributed by atoms with E-state index in [4.69, 9.17) is 4.98 Å². The molecule has 1 heterocycles. The third kappa shape index (κ3) is 4.65. The van der Waals surface area contributed by atoms with Crippen LogP contribution in [0.2, 0.25) is 0 Å². The van der Waals surface area contributed by atoms with Crippen molar-refractivity contribution in [3.8, 4) is 55.9 Å². The molecule has 0 atom stereocenters. The van der Waals surface area contributed by atoms with E-state index < -0.39 is 0 Å². The normalized spacial score (nSPS) is 11.2. The number of fused-ring (bicyclic) bond motifs is 2. The van der Waals surface area contributed by atoms with E-state index in [9.17, 15) is 0 Å². The van der Waals surface area contributed by atoms with E-state index >= 15 is 0 Å². The lowest BCUT2D eigenvalue weighted by Gasteiger charge is -2.19. The Morgan fingerprint density at radius 1 is 0.250 bits per heavy atom. The predicted molar refractivity (Wildman–Crippen MR) is 186 cm³/mol. The lowest BCUT2D eigenvalue weighted by molar-refractivity contribution is 1.33. The Bertz CT molecular complexity index is 2240. The lowest BCUT2D eigenvalue weighted by Crippen LogP contribution is -1.93. The molecule has 1 nitrogen and oxygen atoms in total. The summed E-state index contributed by atoms with van der Waals surface area (Å²) in [4.78, 5) is 5.11. The van der Waals surface area contributed by atoms with Crippen LogP contribution in [0.4, 0.5) is 0 Å². The standard InChI is InChI=1S/C43H29N/c1-5-14-30(15-6-1)34-24-26-36-38(28-34)42(32-18-9-3-10-19-32)37-27-25-35(29-39(37)43(36)33-20-11-4-12-21-33)41-23-13-22-40(44-41)31-16-7-2-8-17-31/h1-29H. The van der Waals surface area contributed by atoms with Crippen LogP contribution in [0.15, 0.2) is 176 Å². The maximum absolute atomic E-state index is 5.11. The summed E-state index contributed by atoms with van der Waals surface area (Å²) >= 11 is 0. The minimum absolute atomic E-state index is 0.966. The fraction of sp³-hybridized carbons (Fsp3) is 0. The Balaban J connectivity index is 1.45. The van der Waals surface area contributed by atoms with Crippen LogP contribution >= 0.6 is 0 Å². The molecule has 44 heavy (non-hydrogen) atoms. The molecule has 7 aromatic carbocycles. The first-order valence-electron chi connectivity index (χ1n) is 15.1. The zero-order valence-corrected chi connectivity index (χ0v) is 24.2. The molecule has 0 saturated heterocycles. The van der Waals surface area contributed by atoms with E-state index in [1.54, 1.807) is 0 Å². The zero-order valence-electron chi connectivity index (χ0n) is 24.2. The van der Waals surface area contributed by atoms with Crippen LogP contribution in [0.1, 0.15) is 0 Å². The molecule has 206 valence electrons. The molecule has 0 N–H and O–H groups in total. The summed E-state index contributed by atoms with van der Waals surface area (Å²) in [6.07, 6.45) is 0. The van der Waals surface area contributed by atoms with Gasteiger partial charge in [-0.1, -0.05) is 152 Å². The number of benzene rings is 7. The van der Waals surface area contributed by atoms with Gasteiger partial charge in [0.15, 0.2) is 0 Å². The second kappa shape index (κ2) is 11.1. The maximum atomic E-state index is 5.11. The van der Waals surface area contributed by atoms with Crippen LogP contribution in [-0.4, -0.2) is 4.98 Å². The number of aromatic nitrogens is 1. The van der Waals surface area contributed by atoms with Crippen molar-refractivity contribution in [3.05, 3.63) is 176 Å². The van der Waals surface area contributed by atoms with E-state index in [1.807, 2.05) is 6.07 Å². The second-order valence-electron chi connectivity index (χ2n) is 11.1. The summed E-state index contributed by atoms with van der Waals surface area (Å²) < 4.78 is 0. The van der Waals surface area contributed by atoms with Gasteiger partial charge in [0.05, 0.1) is 11.4 Å². The van der Waals surface area contributed by atoms with Gasteiger partial charge in [0.25, 0.3) is 0 Å². The molecule has 0 aliphatic heterocycles. The van der Waals surface area contributed by atoms with Crippen molar-refractivity contribution >= 4 is 21.5 Å². The number of rotatable bonds is 5. The van der Waals surface area contributed by atoms with Gasteiger partial charge in [0.2, 0.25) is 0 Å². The Kier molecular flexibility index (Phi) is 6.55. The zero-order chi connectivity index (χ0) is 29.3. The van der Waals surface area contributed by atoms with Crippen LogP contribution in [0.25, 0.3) is 77.4 Å². The van der Waals surface area contributed by atoms with Gasteiger partial charge in [-0.05, 0) is 79.2 Å². The first-order valence-corrected chi connectivity index (χ1v) is 15.1. The van der Waals surface area contributed by atoms with Gasteiger partial charge in [-0.2, -0.15) is 0 Å². The molecule has 1 heteroatoms. The molecule has 0 saturated carbocycles. The van der Waals surface area contributed by atoms with Crippen LogP contribution in [-0.2, 0) is 0 Å². The highest BCUT2D eigenvalue weighted by atomic mass is 14.7. The first-order chi connectivity index (χ1) is 21.8. The Labute approximate surface area is 257 Å². The van der Waals surface area contributed by atoms with E-state index in [0.717, 1.165) is 22.5 Å². The van der Waals surface area contributed by atoms with Gasteiger partial charge < -0.3 is 0 Å². The summed E-state index contributed by atoms with van der Waals surface area (Å²) in [6.45, 7) is 0. The summed E-state index contributed by atoms with van der Waals surface area (Å²) in [5.41, 5.74) is 11.5. The molecular weight excluding hydrogens is 530 g/mol. The molecule has 0 aliphatic carbocycles. The van der Waals surface area contributed by atoms with Crippen molar-refractivity contribution < 1.29 is 0 Å². The Hall–Kier alpha value is -5.79. The van der Waals surface area contributed by atoms with Gasteiger partial charge in [-0.15, -0.1) is 0 Å². The molecule has 1 aromatic heterocycles. The number of pyridine rings is 1. The SMILES string of the molecule is c1ccc(-c2ccc3c(-c4ccccc4)c4cc(-c5cccc(-c6ccccc6)n5)ccc4c(-c4ccccc4)c3c2)cc1. The molecule has 8 aromatic rings. The van der Waals surface area contributed by atoms with Crippen LogP contribution in [0.5, 0.6) is 0 Å². The van der Waals surface area contributed by atoms with Gasteiger partial charge in [-0.3, -0.25) is 0 Å². The molecule has 8 rings (SSSR count). The fourth-order valence-electron chi connectivity index (χ4n) is 6.39. The third-order valence-corrected chi connectivity index (χ3v) is 8.46. The van der Waals surface area contributed by atoms with E-state index in [2.05, 4.69) is 170 Å². The monoisotopic (exact) mass is 559 g/mol. The van der Waals surface area contributed by atoms with Crippen molar-refractivity contribution in [2.45, 2.75) is 0 Å². The number of nitrogens with zero attached hydrogens (tertiary/aromatic N) is 1. The quantitative estimate of drug-likeness (QED) is 0.191. The van der Waals surface area contributed by atoms with Crippen LogP contribution in [0, 0.1) is 0 Å². The molecule has 0 aliphatic rings. The van der Waals surface area contributed by atoms with Gasteiger partial charge in [-0.25, -0.2) is 4.98 Å². The highest BCUT2D eigenvalue weighted by Crippen LogP contribution is 2.45. The van der Waals surface area contributed by atoms with Crippen molar-refractivity contribution in [1.82, 2.24) is 4.98 Å². The lowest BCUT2D eigenvalue weighted by atomic mass is 9.84. The minimum Gasteiger partial charge on any atom is -0.248 e. The number of hydrogen-bond acceptors (Lipinski definition) is 1. The Morgan fingerprint density at radius 3 is 1.18 bits per heavy atom. The van der Waals surface area contributed by atoms with Gasteiger partial charge in [0, 0.05) is 11.1 Å². The highest BCUT2D eigenvalue weighted by molar-refractivity contribution is 6.22. The van der Waals surface area contributed by atoms with Crippen molar-refractivity contribution in [2.75, 3.05) is 0 Å². The van der Waals surface area contributed by atoms with Crippen molar-refractivity contribution in [2.24, 2.45) is 0 Å². The molecule has 0 amide bonds. The maximum Gasteiger partial charge on any atom is 0.0709 e. The smallest absolute Gasteiger partial charge is 0.0709 e. The molecule has 0 unspecified atom stereocenters. The minimum atomic E-state index is 0.966. The number of hydrogen-bond donors (Lipinski definition) is 0. The third-order valence-electron chi connectivity index (χ3n) is 8.46. The second-order valence-corrected chi connectivity index (χ2v) is 11.1. The van der Waals surface area contributed by atoms with Gasteiger partial charge >= 0.3 is 0 Å². The van der Waals surface area contributed by atoms with E-state index in [1.165, 1.54) is 54.9 Å². The highest BCUT2D eigenvalue weighted by Gasteiger charge is 2.18. The van der Waals surface area contributed by atoms with Crippen LogP contribution < -0.4 is 0 Å². The Morgan fingerprint density at radius 2 is 0.659 bits per heavy atom. The molecular formula is C43H29N. The summed E-state index contributed by atoms with van der Waals surface area (Å²) in [7, 11) is 0.